The van der Waals surface area contributed by atoms with E-state index in [0.29, 0.717) is 6.04 Å². The minimum Gasteiger partial charge on any atom is -0.308 e. The van der Waals surface area contributed by atoms with Crippen molar-refractivity contribution in [1.82, 2.24) is 5.32 Å². The van der Waals surface area contributed by atoms with Crippen molar-refractivity contribution < 1.29 is 0 Å². The zero-order valence-corrected chi connectivity index (χ0v) is 9.77. The van der Waals surface area contributed by atoms with E-state index in [4.69, 9.17) is 0 Å². The van der Waals surface area contributed by atoms with Gasteiger partial charge in [0.25, 0.3) is 0 Å². The zero-order valence-electron chi connectivity index (χ0n) is 6.55. The van der Waals surface area contributed by atoms with Crippen LogP contribution in [0.2, 0.25) is 0 Å². The smallest absolute Gasteiger partial charge is 0.0701 e. The van der Waals surface area contributed by atoms with Crippen molar-refractivity contribution in [2.45, 2.75) is 6.04 Å². The summed E-state index contributed by atoms with van der Waals surface area (Å²) in [6.07, 6.45) is 0. The van der Waals surface area contributed by atoms with E-state index in [1.807, 2.05) is 23.1 Å². The van der Waals surface area contributed by atoms with Crippen molar-refractivity contribution in [2.75, 3.05) is 18.1 Å². The lowest BCUT2D eigenvalue weighted by Crippen LogP contribution is -2.29. The number of thiophene rings is 1. The third kappa shape index (κ3) is 2.05. The molecule has 1 aliphatic rings. The third-order valence-electron chi connectivity index (χ3n) is 1.86. The molecule has 1 N–H and O–H groups in total. The number of hydrogen-bond acceptors (Lipinski definition) is 3. The molecule has 2 heterocycles. The van der Waals surface area contributed by atoms with E-state index in [-0.39, 0.29) is 0 Å². The van der Waals surface area contributed by atoms with Gasteiger partial charge in [0.15, 0.2) is 0 Å². The Hall–Kier alpha value is 0.490. The van der Waals surface area contributed by atoms with Crippen molar-refractivity contribution in [3.63, 3.8) is 0 Å². The second-order valence-electron chi connectivity index (χ2n) is 2.72. The summed E-state index contributed by atoms with van der Waals surface area (Å²) in [6, 6.07) is 4.92. The standard InChI is InChI=1S/C8H10BrNS2/c9-8-2-1-7(12-8)6-5-11-4-3-10-6/h1-2,6,10H,3-5H2. The summed E-state index contributed by atoms with van der Waals surface area (Å²) in [6.45, 7) is 1.14. The van der Waals surface area contributed by atoms with Crippen molar-refractivity contribution in [3.8, 4) is 0 Å². The summed E-state index contributed by atoms with van der Waals surface area (Å²) < 4.78 is 1.23. The highest BCUT2D eigenvalue weighted by molar-refractivity contribution is 9.11. The average molecular weight is 264 g/mol. The fourth-order valence-electron chi connectivity index (χ4n) is 1.26. The minimum atomic E-state index is 0.583. The SMILES string of the molecule is Brc1ccc(C2CSCCN2)s1. The maximum absolute atomic E-state index is 3.52. The summed E-state index contributed by atoms with van der Waals surface area (Å²) in [5.41, 5.74) is 0. The van der Waals surface area contributed by atoms with Crippen molar-refractivity contribution in [2.24, 2.45) is 0 Å². The van der Waals surface area contributed by atoms with E-state index in [2.05, 4.69) is 33.4 Å². The molecule has 0 aromatic carbocycles. The molecule has 4 heteroatoms. The Bertz CT molecular complexity index is 255. The summed E-state index contributed by atoms with van der Waals surface area (Å²) in [7, 11) is 0. The molecule has 1 aromatic rings. The normalized spacial score (nSPS) is 24.2. The molecule has 1 fully saturated rings. The van der Waals surface area contributed by atoms with Gasteiger partial charge in [-0.3, -0.25) is 0 Å². The highest BCUT2D eigenvalue weighted by atomic mass is 79.9. The molecular weight excluding hydrogens is 254 g/mol. The lowest BCUT2D eigenvalue weighted by atomic mass is 10.3. The Morgan fingerprint density at radius 3 is 3.00 bits per heavy atom. The van der Waals surface area contributed by atoms with Crippen LogP contribution in [0.1, 0.15) is 10.9 Å². The molecule has 2 rings (SSSR count). The summed E-state index contributed by atoms with van der Waals surface area (Å²) in [4.78, 5) is 1.45. The quantitative estimate of drug-likeness (QED) is 0.837. The zero-order chi connectivity index (χ0) is 8.39. The van der Waals surface area contributed by atoms with Crippen molar-refractivity contribution in [3.05, 3.63) is 20.8 Å². The molecule has 66 valence electrons. The van der Waals surface area contributed by atoms with E-state index in [9.17, 15) is 0 Å². The van der Waals surface area contributed by atoms with Crippen LogP contribution in [-0.2, 0) is 0 Å². The van der Waals surface area contributed by atoms with Crippen LogP contribution in [0.5, 0.6) is 0 Å². The fraction of sp³-hybridized carbons (Fsp3) is 0.500. The lowest BCUT2D eigenvalue weighted by molar-refractivity contribution is 0.604. The number of hydrogen-bond donors (Lipinski definition) is 1. The molecule has 1 unspecified atom stereocenters. The average Bonchev–Trinajstić information content (AvgIpc) is 2.54. The van der Waals surface area contributed by atoms with E-state index in [1.54, 1.807) is 0 Å². The van der Waals surface area contributed by atoms with Crippen LogP contribution in [0.25, 0.3) is 0 Å². The Labute approximate surface area is 89.1 Å². The molecule has 1 nitrogen and oxygen atoms in total. The van der Waals surface area contributed by atoms with Crippen LogP contribution < -0.4 is 5.32 Å². The van der Waals surface area contributed by atoms with Gasteiger partial charge in [0, 0.05) is 22.9 Å². The van der Waals surface area contributed by atoms with E-state index in [0.717, 1.165) is 6.54 Å². The number of rotatable bonds is 1. The Morgan fingerprint density at radius 1 is 1.50 bits per heavy atom. The molecule has 0 spiro atoms. The molecule has 1 saturated heterocycles. The molecule has 0 radical (unpaired) electrons. The second-order valence-corrected chi connectivity index (χ2v) is 6.37. The molecular formula is C8H10BrNS2. The van der Waals surface area contributed by atoms with Gasteiger partial charge in [-0.05, 0) is 28.1 Å². The predicted molar refractivity (Wildman–Crippen MR) is 60.1 cm³/mol. The van der Waals surface area contributed by atoms with Gasteiger partial charge in [-0.25, -0.2) is 0 Å². The maximum Gasteiger partial charge on any atom is 0.0701 e. The number of nitrogens with one attached hydrogen (secondary N) is 1. The molecule has 1 aromatic heterocycles. The Morgan fingerprint density at radius 2 is 2.42 bits per heavy atom. The molecule has 1 atom stereocenters. The van der Waals surface area contributed by atoms with Gasteiger partial charge in [0.05, 0.1) is 9.83 Å². The minimum absolute atomic E-state index is 0.583. The molecule has 0 aliphatic carbocycles. The van der Waals surface area contributed by atoms with Crippen LogP contribution >= 0.6 is 39.0 Å². The molecule has 0 amide bonds. The monoisotopic (exact) mass is 263 g/mol. The summed E-state index contributed by atoms with van der Waals surface area (Å²) in [5, 5.41) is 3.52. The van der Waals surface area contributed by atoms with E-state index in [1.165, 1.54) is 20.2 Å². The number of thioether (sulfide) groups is 1. The van der Waals surface area contributed by atoms with Gasteiger partial charge in [0.2, 0.25) is 0 Å². The molecule has 1 aliphatic heterocycles. The first-order valence-corrected chi connectivity index (χ1v) is 6.69. The highest BCUT2D eigenvalue weighted by Crippen LogP contribution is 2.30. The Balaban J connectivity index is 2.08. The van der Waals surface area contributed by atoms with Crippen LogP contribution in [0.3, 0.4) is 0 Å². The van der Waals surface area contributed by atoms with Gasteiger partial charge in [-0.15, -0.1) is 11.3 Å². The van der Waals surface area contributed by atoms with Crippen LogP contribution in [-0.4, -0.2) is 18.1 Å². The predicted octanol–water partition coefficient (Wildman–Crippen LogP) is 2.89. The van der Waals surface area contributed by atoms with Gasteiger partial charge in [-0.2, -0.15) is 11.8 Å². The van der Waals surface area contributed by atoms with Crippen LogP contribution in [0, 0.1) is 0 Å². The van der Waals surface area contributed by atoms with Gasteiger partial charge < -0.3 is 5.32 Å². The highest BCUT2D eigenvalue weighted by Gasteiger charge is 2.16. The van der Waals surface area contributed by atoms with E-state index >= 15 is 0 Å². The second kappa shape index (κ2) is 4.13. The first-order valence-electron chi connectivity index (χ1n) is 3.92. The topological polar surface area (TPSA) is 12.0 Å². The van der Waals surface area contributed by atoms with Gasteiger partial charge >= 0.3 is 0 Å². The Kier molecular flexibility index (Phi) is 3.12. The van der Waals surface area contributed by atoms with Crippen molar-refractivity contribution >= 4 is 39.0 Å². The van der Waals surface area contributed by atoms with Gasteiger partial charge in [-0.1, -0.05) is 0 Å². The summed E-state index contributed by atoms with van der Waals surface area (Å²) in [5.74, 6) is 2.47. The molecule has 12 heavy (non-hydrogen) atoms. The van der Waals surface area contributed by atoms with Gasteiger partial charge in [0.1, 0.15) is 0 Å². The first-order chi connectivity index (χ1) is 5.86. The van der Waals surface area contributed by atoms with E-state index < -0.39 is 0 Å². The maximum atomic E-state index is 3.52. The molecule has 0 saturated carbocycles. The van der Waals surface area contributed by atoms with Crippen LogP contribution in [0.15, 0.2) is 15.9 Å². The lowest BCUT2D eigenvalue weighted by Gasteiger charge is -2.21. The van der Waals surface area contributed by atoms with Crippen molar-refractivity contribution in [1.29, 1.82) is 0 Å². The first kappa shape index (κ1) is 9.06. The number of halogens is 1. The van der Waals surface area contributed by atoms with Crippen LogP contribution in [0.4, 0.5) is 0 Å². The molecule has 0 bridgehead atoms. The largest absolute Gasteiger partial charge is 0.308 e. The third-order valence-corrected chi connectivity index (χ3v) is 4.66. The summed E-state index contributed by atoms with van der Waals surface area (Å²) >= 11 is 7.35. The fourth-order valence-corrected chi connectivity index (χ4v) is 3.83.